The number of nitrogen functional groups attached to an aromatic ring is 1. The van der Waals surface area contributed by atoms with Gasteiger partial charge in [0, 0.05) is 7.05 Å². The fraction of sp³-hybridized carbons (Fsp3) is 0.632. The van der Waals surface area contributed by atoms with Gasteiger partial charge in [-0.25, -0.2) is 4.79 Å². The number of nitrogens with two attached hydrogens (primary N) is 1. The third kappa shape index (κ3) is 11.3. The molecule has 1 saturated heterocycles. The number of likely N-dealkylation sites (N-methyl/N-ethyl adjacent to an activating group) is 1. The molecule has 0 aliphatic carbocycles. The van der Waals surface area contributed by atoms with E-state index in [0.29, 0.717) is 12.2 Å². The molecule has 1 atom stereocenters. The normalized spacial score (nSPS) is 14.3. The number of hydrogen-bond donors (Lipinski definition) is 2. The van der Waals surface area contributed by atoms with Gasteiger partial charge in [0.1, 0.15) is 0 Å². The largest absolute Gasteiger partial charge is 0.434 e. The van der Waals surface area contributed by atoms with Crippen molar-refractivity contribution in [2.45, 2.75) is 61.1 Å². The Bertz CT molecular complexity index is 501. The van der Waals surface area contributed by atoms with Gasteiger partial charge in [-0.15, -0.1) is 0 Å². The van der Waals surface area contributed by atoms with Gasteiger partial charge in [0.25, 0.3) is 5.91 Å². The Morgan fingerprint density at radius 3 is 2.23 bits per heavy atom. The third-order valence-electron chi connectivity index (χ3n) is 2.58. The molecule has 1 aromatic heterocycles. The third-order valence-corrected chi connectivity index (χ3v) is 2.58. The molecule has 7 nitrogen and oxygen atoms in total. The number of aromatic nitrogens is 1. The molecule has 0 bridgehead atoms. The van der Waals surface area contributed by atoms with Crippen molar-refractivity contribution in [1.82, 2.24) is 15.2 Å². The summed E-state index contributed by atoms with van der Waals surface area (Å²) in [5.74, 6) is 0.576. The van der Waals surface area contributed by atoms with Crippen LogP contribution in [0.2, 0.25) is 0 Å². The summed E-state index contributed by atoms with van der Waals surface area (Å²) < 4.78 is 4.82. The lowest BCUT2D eigenvalue weighted by atomic mass is 10.2. The van der Waals surface area contributed by atoms with Gasteiger partial charge < -0.3 is 20.7 Å². The van der Waals surface area contributed by atoms with Crippen LogP contribution < -0.4 is 11.1 Å². The number of carbonyl (C=O) groups is 2. The molecular weight excluding hydrogens is 332 g/mol. The highest BCUT2D eigenvalue weighted by molar-refractivity contribution is 5.86. The average Bonchev–Trinajstić information content (AvgIpc) is 3.05. The monoisotopic (exact) mass is 368 g/mol. The Kier molecular flexibility index (Phi) is 14.9. The van der Waals surface area contributed by atoms with E-state index in [4.69, 9.17) is 10.5 Å². The molecule has 2 rings (SSSR count). The van der Waals surface area contributed by atoms with Gasteiger partial charge in [0.2, 0.25) is 0 Å². The van der Waals surface area contributed by atoms with Crippen LogP contribution in [0, 0.1) is 5.92 Å². The lowest BCUT2D eigenvalue weighted by molar-refractivity contribution is -0.137. The van der Waals surface area contributed by atoms with Crippen LogP contribution in [0.15, 0.2) is 18.3 Å². The standard InChI is InChI=1S/C11H14N4O3.C4H10.2C2H6/c1-15(6-8-3-2-7(12)4-13-8)10(16)9-5-14-11(17)18-9;1-4(2)3;2*1-2/h2-4,9H,5-6,12H2,1H3,(H,14,17);4H,1-3H3;2*1-2H3. The van der Waals surface area contributed by atoms with Crippen LogP contribution in [0.25, 0.3) is 0 Å². The first-order valence-electron chi connectivity index (χ1n) is 9.19. The highest BCUT2D eigenvalue weighted by atomic mass is 16.6. The Morgan fingerprint density at radius 2 is 1.85 bits per heavy atom. The van der Waals surface area contributed by atoms with Gasteiger partial charge in [-0.1, -0.05) is 48.5 Å². The van der Waals surface area contributed by atoms with Crippen molar-refractivity contribution in [1.29, 1.82) is 0 Å². The van der Waals surface area contributed by atoms with E-state index in [9.17, 15) is 9.59 Å². The van der Waals surface area contributed by atoms with E-state index in [1.807, 2.05) is 27.7 Å². The molecule has 0 spiro atoms. The molecule has 1 unspecified atom stereocenters. The summed E-state index contributed by atoms with van der Waals surface area (Å²) in [6, 6.07) is 3.47. The summed E-state index contributed by atoms with van der Waals surface area (Å²) in [5.41, 5.74) is 6.81. The minimum atomic E-state index is -0.753. The summed E-state index contributed by atoms with van der Waals surface area (Å²) in [6.45, 7) is 15.0. The van der Waals surface area contributed by atoms with Gasteiger partial charge in [0.15, 0.2) is 6.10 Å². The molecule has 0 saturated carbocycles. The van der Waals surface area contributed by atoms with Crippen LogP contribution in [0.1, 0.15) is 54.2 Å². The molecule has 1 aromatic rings. The number of anilines is 1. The lowest BCUT2D eigenvalue weighted by Gasteiger charge is -2.19. The van der Waals surface area contributed by atoms with Crippen molar-refractivity contribution < 1.29 is 14.3 Å². The fourth-order valence-corrected chi connectivity index (χ4v) is 1.62. The number of cyclic esters (lactones) is 1. The summed E-state index contributed by atoms with van der Waals surface area (Å²) >= 11 is 0. The topological polar surface area (TPSA) is 97.5 Å². The van der Waals surface area contributed by atoms with Crippen molar-refractivity contribution in [3.8, 4) is 0 Å². The van der Waals surface area contributed by atoms with Gasteiger partial charge >= 0.3 is 6.09 Å². The van der Waals surface area contributed by atoms with E-state index >= 15 is 0 Å². The number of ether oxygens (including phenoxy) is 1. The summed E-state index contributed by atoms with van der Waals surface area (Å²) in [5, 5.41) is 2.44. The van der Waals surface area contributed by atoms with E-state index < -0.39 is 12.2 Å². The average molecular weight is 369 g/mol. The first-order chi connectivity index (χ1) is 12.3. The maximum Gasteiger partial charge on any atom is 0.408 e. The van der Waals surface area contributed by atoms with Gasteiger partial charge in [-0.3, -0.25) is 9.78 Å². The zero-order valence-electron chi connectivity index (χ0n) is 17.5. The zero-order chi connectivity index (χ0) is 20.7. The smallest absolute Gasteiger partial charge is 0.408 e. The summed E-state index contributed by atoms with van der Waals surface area (Å²) in [4.78, 5) is 28.3. The Morgan fingerprint density at radius 1 is 1.31 bits per heavy atom. The van der Waals surface area contributed by atoms with Crippen molar-refractivity contribution in [3.63, 3.8) is 0 Å². The highest BCUT2D eigenvalue weighted by Gasteiger charge is 2.31. The van der Waals surface area contributed by atoms with Crippen molar-refractivity contribution in [3.05, 3.63) is 24.0 Å². The molecule has 1 aliphatic heterocycles. The molecule has 0 aromatic carbocycles. The molecule has 26 heavy (non-hydrogen) atoms. The van der Waals surface area contributed by atoms with Gasteiger partial charge in [0.05, 0.1) is 30.7 Å². The molecule has 7 heteroatoms. The van der Waals surface area contributed by atoms with Crippen LogP contribution in [-0.4, -0.2) is 41.6 Å². The predicted octanol–water partition coefficient (Wildman–Crippen LogP) is 3.45. The second-order valence-corrected chi connectivity index (χ2v) is 5.78. The molecule has 0 radical (unpaired) electrons. The molecule has 2 amide bonds. The molecule has 150 valence electrons. The van der Waals surface area contributed by atoms with Crippen LogP contribution in [0.5, 0.6) is 0 Å². The number of hydrogen-bond acceptors (Lipinski definition) is 5. The second-order valence-electron chi connectivity index (χ2n) is 5.78. The quantitative estimate of drug-likeness (QED) is 0.851. The molecule has 3 N–H and O–H groups in total. The first kappa shape index (κ1) is 25.9. The zero-order valence-corrected chi connectivity index (χ0v) is 17.5. The molecule has 1 fully saturated rings. The highest BCUT2D eigenvalue weighted by Crippen LogP contribution is 2.08. The number of nitrogens with one attached hydrogen (secondary N) is 1. The number of carbonyl (C=O) groups excluding carboxylic acids is 2. The lowest BCUT2D eigenvalue weighted by Crippen LogP contribution is -2.38. The Labute approximate surface area is 158 Å². The predicted molar refractivity (Wildman–Crippen MR) is 107 cm³/mol. The van der Waals surface area contributed by atoms with Gasteiger partial charge in [-0.2, -0.15) is 0 Å². The van der Waals surface area contributed by atoms with Crippen LogP contribution >= 0.6 is 0 Å². The number of alkyl carbamates (subject to hydrolysis) is 1. The summed E-state index contributed by atoms with van der Waals surface area (Å²) in [6.07, 6.45) is 0.216. The van der Waals surface area contributed by atoms with E-state index in [-0.39, 0.29) is 12.5 Å². The second kappa shape index (κ2) is 15.0. The molecule has 2 heterocycles. The SMILES string of the molecule is CC.CC.CC(C)C.CN(Cc1ccc(N)cn1)C(=O)C1CNC(=O)O1. The number of rotatable bonds is 3. The van der Waals surface area contributed by atoms with Crippen molar-refractivity contribution in [2.24, 2.45) is 5.92 Å². The summed E-state index contributed by atoms with van der Waals surface area (Å²) in [7, 11) is 1.63. The number of nitrogens with zero attached hydrogens (tertiary/aromatic N) is 2. The van der Waals surface area contributed by atoms with Crippen LogP contribution in [-0.2, 0) is 16.1 Å². The van der Waals surface area contributed by atoms with E-state index in [0.717, 1.165) is 11.6 Å². The maximum atomic E-state index is 11.9. The van der Waals surface area contributed by atoms with Crippen molar-refractivity contribution in [2.75, 3.05) is 19.3 Å². The molecule has 1 aliphatic rings. The number of pyridine rings is 1. The van der Waals surface area contributed by atoms with E-state index in [1.54, 1.807) is 19.2 Å². The van der Waals surface area contributed by atoms with E-state index in [2.05, 4.69) is 31.1 Å². The fourth-order valence-electron chi connectivity index (χ4n) is 1.62. The Hall–Kier alpha value is -2.31. The van der Waals surface area contributed by atoms with Gasteiger partial charge in [-0.05, 0) is 18.1 Å². The van der Waals surface area contributed by atoms with Crippen LogP contribution in [0.4, 0.5) is 10.5 Å². The Balaban J connectivity index is 0. The first-order valence-corrected chi connectivity index (χ1v) is 9.19. The minimum Gasteiger partial charge on any atom is -0.434 e. The van der Waals surface area contributed by atoms with E-state index in [1.165, 1.54) is 11.1 Å². The number of amides is 2. The van der Waals surface area contributed by atoms with Crippen LogP contribution in [0.3, 0.4) is 0 Å². The van der Waals surface area contributed by atoms with Crippen molar-refractivity contribution >= 4 is 17.7 Å². The molecular formula is C19H36N4O3. The minimum absolute atomic E-state index is 0.206. The maximum absolute atomic E-state index is 11.9.